The molecular formula is C13H17ClN4O. The number of halogens is 1. The maximum Gasteiger partial charge on any atom is 0.0971 e. The Labute approximate surface area is 117 Å². The van der Waals surface area contributed by atoms with Gasteiger partial charge in [0.1, 0.15) is 0 Å². The summed E-state index contributed by atoms with van der Waals surface area (Å²) in [5.41, 5.74) is 1.78. The van der Waals surface area contributed by atoms with E-state index in [0.29, 0.717) is 11.6 Å². The smallest absolute Gasteiger partial charge is 0.0971 e. The van der Waals surface area contributed by atoms with Crippen LogP contribution in [0.25, 0.3) is 5.69 Å². The van der Waals surface area contributed by atoms with Gasteiger partial charge in [-0.2, -0.15) is 0 Å². The predicted octanol–water partition coefficient (Wildman–Crippen LogP) is 1.73. The molecule has 0 aliphatic carbocycles. The molecule has 0 amide bonds. The van der Waals surface area contributed by atoms with Gasteiger partial charge in [0.05, 0.1) is 24.2 Å². The van der Waals surface area contributed by atoms with Gasteiger partial charge in [0.2, 0.25) is 0 Å². The van der Waals surface area contributed by atoms with Crippen LogP contribution >= 0.6 is 11.6 Å². The average molecular weight is 281 g/mol. The van der Waals surface area contributed by atoms with Crippen molar-refractivity contribution in [1.82, 2.24) is 19.9 Å². The van der Waals surface area contributed by atoms with E-state index in [0.717, 1.165) is 11.4 Å². The minimum absolute atomic E-state index is 0.0979. The van der Waals surface area contributed by atoms with Crippen LogP contribution in [0.1, 0.15) is 12.6 Å². The van der Waals surface area contributed by atoms with Crippen LogP contribution < -0.4 is 0 Å². The zero-order valence-corrected chi connectivity index (χ0v) is 11.7. The highest BCUT2D eigenvalue weighted by Crippen LogP contribution is 2.13. The normalized spacial score (nSPS) is 12.9. The van der Waals surface area contributed by atoms with Crippen molar-refractivity contribution in [2.75, 3.05) is 13.7 Å². The van der Waals surface area contributed by atoms with Crippen molar-refractivity contribution in [3.05, 3.63) is 41.2 Å². The molecule has 0 spiro atoms. The number of rotatable bonds is 5. The lowest BCUT2D eigenvalue weighted by Gasteiger charge is -2.21. The lowest BCUT2D eigenvalue weighted by atomic mass is 10.3. The molecule has 0 saturated carbocycles. The number of hydrogen-bond acceptors (Lipinski definition) is 4. The number of hydrogen-bond donors (Lipinski definition) is 1. The number of aliphatic hydroxyl groups excluding tert-OH is 1. The van der Waals surface area contributed by atoms with Gasteiger partial charge < -0.3 is 5.11 Å². The highest BCUT2D eigenvalue weighted by molar-refractivity contribution is 6.30. The summed E-state index contributed by atoms with van der Waals surface area (Å²) in [4.78, 5) is 2.02. The van der Waals surface area contributed by atoms with E-state index in [1.54, 1.807) is 4.68 Å². The van der Waals surface area contributed by atoms with E-state index >= 15 is 0 Å². The van der Waals surface area contributed by atoms with E-state index in [-0.39, 0.29) is 12.6 Å². The Morgan fingerprint density at radius 1 is 1.37 bits per heavy atom. The summed E-state index contributed by atoms with van der Waals surface area (Å²) in [6.07, 6.45) is 1.88. The molecule has 2 rings (SSSR count). The summed E-state index contributed by atoms with van der Waals surface area (Å²) >= 11 is 5.85. The fourth-order valence-electron chi connectivity index (χ4n) is 1.64. The first-order chi connectivity index (χ1) is 9.10. The summed E-state index contributed by atoms with van der Waals surface area (Å²) in [6.45, 7) is 2.74. The maximum absolute atomic E-state index is 9.10. The fraction of sp³-hybridized carbons (Fsp3) is 0.385. The molecule has 102 valence electrons. The van der Waals surface area contributed by atoms with Crippen LogP contribution in [0.15, 0.2) is 30.5 Å². The molecule has 1 aromatic carbocycles. The molecule has 1 unspecified atom stereocenters. The Morgan fingerprint density at radius 3 is 2.68 bits per heavy atom. The summed E-state index contributed by atoms with van der Waals surface area (Å²) in [7, 11) is 1.95. The third-order valence-electron chi connectivity index (χ3n) is 3.06. The third kappa shape index (κ3) is 3.53. The van der Waals surface area contributed by atoms with Gasteiger partial charge in [0.15, 0.2) is 0 Å². The molecule has 0 fully saturated rings. The van der Waals surface area contributed by atoms with Gasteiger partial charge in [-0.1, -0.05) is 16.8 Å². The topological polar surface area (TPSA) is 54.2 Å². The van der Waals surface area contributed by atoms with E-state index in [4.69, 9.17) is 16.7 Å². The van der Waals surface area contributed by atoms with Crippen LogP contribution in [0.5, 0.6) is 0 Å². The summed E-state index contributed by atoms with van der Waals surface area (Å²) < 4.78 is 1.71. The molecule has 1 atom stereocenters. The van der Waals surface area contributed by atoms with Crippen LogP contribution in [0.3, 0.4) is 0 Å². The second-order valence-corrected chi connectivity index (χ2v) is 5.01. The van der Waals surface area contributed by atoms with Crippen LogP contribution in [0.2, 0.25) is 5.02 Å². The van der Waals surface area contributed by atoms with E-state index in [9.17, 15) is 0 Å². The average Bonchev–Trinajstić information content (AvgIpc) is 2.87. The van der Waals surface area contributed by atoms with Crippen LogP contribution in [0.4, 0.5) is 0 Å². The molecule has 0 saturated heterocycles. The first-order valence-corrected chi connectivity index (χ1v) is 6.46. The third-order valence-corrected chi connectivity index (χ3v) is 3.31. The second-order valence-electron chi connectivity index (χ2n) is 4.58. The molecule has 0 bridgehead atoms. The molecule has 19 heavy (non-hydrogen) atoms. The van der Waals surface area contributed by atoms with Gasteiger partial charge in [0, 0.05) is 17.6 Å². The standard InChI is InChI=1S/C13H17ClN4O/c1-10(9-19)17(2)7-12-8-18(16-15-12)13-5-3-11(14)4-6-13/h3-6,8,10,19H,7,9H2,1-2H3. The number of aliphatic hydroxyl groups is 1. The highest BCUT2D eigenvalue weighted by Gasteiger charge is 2.11. The van der Waals surface area contributed by atoms with Gasteiger partial charge in [-0.25, -0.2) is 4.68 Å². The van der Waals surface area contributed by atoms with E-state index < -0.39 is 0 Å². The van der Waals surface area contributed by atoms with Crippen molar-refractivity contribution >= 4 is 11.6 Å². The minimum Gasteiger partial charge on any atom is -0.395 e. The zero-order chi connectivity index (χ0) is 13.8. The molecule has 1 heterocycles. The number of nitrogens with zero attached hydrogens (tertiary/aromatic N) is 4. The van der Waals surface area contributed by atoms with Gasteiger partial charge in [-0.15, -0.1) is 5.10 Å². The van der Waals surface area contributed by atoms with Crippen molar-refractivity contribution in [3.8, 4) is 5.69 Å². The maximum atomic E-state index is 9.10. The Morgan fingerprint density at radius 2 is 2.05 bits per heavy atom. The quantitative estimate of drug-likeness (QED) is 0.906. The summed E-state index contributed by atoms with van der Waals surface area (Å²) in [5.74, 6) is 0. The predicted molar refractivity (Wildman–Crippen MR) is 74.4 cm³/mol. The zero-order valence-electron chi connectivity index (χ0n) is 11.0. The first kappa shape index (κ1) is 14.0. The minimum atomic E-state index is 0.0979. The Hall–Kier alpha value is -1.43. The second kappa shape index (κ2) is 6.14. The summed E-state index contributed by atoms with van der Waals surface area (Å²) in [6, 6.07) is 7.51. The molecular weight excluding hydrogens is 264 g/mol. The van der Waals surface area contributed by atoms with Crippen LogP contribution in [-0.4, -0.2) is 44.7 Å². The van der Waals surface area contributed by atoms with E-state index in [1.165, 1.54) is 0 Å². The van der Waals surface area contributed by atoms with Crippen molar-refractivity contribution in [1.29, 1.82) is 0 Å². The molecule has 2 aromatic rings. The van der Waals surface area contributed by atoms with E-state index in [2.05, 4.69) is 10.3 Å². The number of aromatic nitrogens is 3. The lowest BCUT2D eigenvalue weighted by molar-refractivity contribution is 0.153. The van der Waals surface area contributed by atoms with Crippen LogP contribution in [-0.2, 0) is 6.54 Å². The molecule has 1 aromatic heterocycles. The monoisotopic (exact) mass is 280 g/mol. The number of benzene rings is 1. The highest BCUT2D eigenvalue weighted by atomic mass is 35.5. The Balaban J connectivity index is 2.09. The SMILES string of the molecule is CC(CO)N(C)Cc1cn(-c2ccc(Cl)cc2)nn1. The van der Waals surface area contributed by atoms with Crippen molar-refractivity contribution in [2.24, 2.45) is 0 Å². The van der Waals surface area contributed by atoms with Crippen molar-refractivity contribution in [2.45, 2.75) is 19.5 Å². The molecule has 0 aliphatic heterocycles. The number of likely N-dealkylation sites (N-methyl/N-ethyl adjacent to an activating group) is 1. The molecule has 6 heteroatoms. The molecule has 0 radical (unpaired) electrons. The van der Waals surface area contributed by atoms with Gasteiger partial charge in [-0.05, 0) is 38.2 Å². The molecule has 5 nitrogen and oxygen atoms in total. The summed E-state index contributed by atoms with van der Waals surface area (Å²) in [5, 5.41) is 18.0. The van der Waals surface area contributed by atoms with Crippen molar-refractivity contribution in [3.63, 3.8) is 0 Å². The molecule has 1 N–H and O–H groups in total. The fourth-order valence-corrected chi connectivity index (χ4v) is 1.77. The van der Waals surface area contributed by atoms with Gasteiger partial charge in [-0.3, -0.25) is 4.90 Å². The van der Waals surface area contributed by atoms with Crippen LogP contribution in [0, 0.1) is 0 Å². The largest absolute Gasteiger partial charge is 0.395 e. The lowest BCUT2D eigenvalue weighted by Crippen LogP contribution is -2.31. The Bertz CT molecular complexity index is 526. The molecule has 0 aliphatic rings. The van der Waals surface area contributed by atoms with Gasteiger partial charge >= 0.3 is 0 Å². The Kier molecular flexibility index (Phi) is 4.52. The first-order valence-electron chi connectivity index (χ1n) is 6.08. The van der Waals surface area contributed by atoms with Gasteiger partial charge in [0.25, 0.3) is 0 Å². The van der Waals surface area contributed by atoms with Crippen molar-refractivity contribution < 1.29 is 5.11 Å². The van der Waals surface area contributed by atoms with E-state index in [1.807, 2.05) is 49.3 Å².